The van der Waals surface area contributed by atoms with E-state index in [1.54, 1.807) is 36.8 Å². The number of halogens is 1. The Morgan fingerprint density at radius 1 is 1.19 bits per heavy atom. The fraction of sp³-hybridized carbons (Fsp3) is 0.429. The summed E-state index contributed by atoms with van der Waals surface area (Å²) in [6.45, 7) is 5.14. The van der Waals surface area contributed by atoms with Crippen molar-refractivity contribution < 1.29 is 19.1 Å². The molecule has 1 aromatic carbocycles. The third kappa shape index (κ3) is 8.64. The summed E-state index contributed by atoms with van der Waals surface area (Å²) in [5.41, 5.74) is 1.03. The molecule has 0 fully saturated rings. The van der Waals surface area contributed by atoms with Gasteiger partial charge in [-0.15, -0.1) is 11.3 Å². The largest absolute Gasteiger partial charge is 0.383 e. The maximum absolute atomic E-state index is 12.8. The van der Waals surface area contributed by atoms with Gasteiger partial charge in [0.15, 0.2) is 5.13 Å². The van der Waals surface area contributed by atoms with E-state index in [1.807, 2.05) is 13.8 Å². The van der Waals surface area contributed by atoms with E-state index in [0.717, 1.165) is 0 Å². The Hall–Kier alpha value is -2.49. The molecule has 0 aliphatic heterocycles. The Kier molecular flexibility index (Phi) is 9.90. The van der Waals surface area contributed by atoms with Crippen molar-refractivity contribution in [2.24, 2.45) is 5.92 Å². The molecular formula is C21H27ClN4O4S. The molecule has 0 saturated heterocycles. The number of thiazole rings is 1. The first kappa shape index (κ1) is 24.8. The Labute approximate surface area is 190 Å². The minimum Gasteiger partial charge on any atom is -0.383 e. The Balaban J connectivity index is 1.95. The van der Waals surface area contributed by atoms with Crippen molar-refractivity contribution in [2.45, 2.75) is 20.3 Å². The van der Waals surface area contributed by atoms with Crippen molar-refractivity contribution in [2.75, 3.05) is 38.7 Å². The maximum atomic E-state index is 12.8. The van der Waals surface area contributed by atoms with Crippen LogP contribution in [0.1, 0.15) is 29.9 Å². The number of methoxy groups -OCH3 is 1. The molecule has 2 rings (SSSR count). The van der Waals surface area contributed by atoms with Gasteiger partial charge in [0.05, 0.1) is 18.7 Å². The van der Waals surface area contributed by atoms with E-state index < -0.39 is 0 Å². The van der Waals surface area contributed by atoms with Gasteiger partial charge in [0.2, 0.25) is 11.8 Å². The van der Waals surface area contributed by atoms with Crippen LogP contribution < -0.4 is 10.6 Å². The first-order chi connectivity index (χ1) is 14.8. The third-order valence-electron chi connectivity index (χ3n) is 4.07. The van der Waals surface area contributed by atoms with Gasteiger partial charge >= 0.3 is 0 Å². The highest BCUT2D eigenvalue weighted by molar-refractivity contribution is 7.13. The van der Waals surface area contributed by atoms with E-state index in [2.05, 4.69) is 15.6 Å². The predicted octanol–water partition coefficient (Wildman–Crippen LogP) is 2.84. The molecule has 0 aliphatic rings. The Morgan fingerprint density at radius 3 is 2.55 bits per heavy atom. The number of benzene rings is 1. The fourth-order valence-electron chi connectivity index (χ4n) is 2.73. The molecule has 8 nitrogen and oxygen atoms in total. The molecule has 10 heteroatoms. The van der Waals surface area contributed by atoms with Crippen molar-refractivity contribution in [1.29, 1.82) is 0 Å². The maximum Gasteiger partial charge on any atom is 0.254 e. The van der Waals surface area contributed by atoms with Crippen LogP contribution in [0.2, 0.25) is 5.02 Å². The van der Waals surface area contributed by atoms with Crippen molar-refractivity contribution >= 4 is 45.8 Å². The van der Waals surface area contributed by atoms with Crippen LogP contribution in [0, 0.1) is 5.92 Å². The molecule has 1 aromatic heterocycles. The summed E-state index contributed by atoms with van der Waals surface area (Å²) in [4.78, 5) is 43.0. The molecule has 31 heavy (non-hydrogen) atoms. The highest BCUT2D eigenvalue weighted by atomic mass is 35.5. The zero-order valence-corrected chi connectivity index (χ0v) is 19.4. The molecule has 2 aromatic rings. The summed E-state index contributed by atoms with van der Waals surface area (Å²) in [5, 5.41) is 8.07. The summed E-state index contributed by atoms with van der Waals surface area (Å²) < 4.78 is 4.89. The van der Waals surface area contributed by atoms with Crippen LogP contribution >= 0.6 is 22.9 Å². The van der Waals surface area contributed by atoms with Crippen molar-refractivity contribution in [3.8, 4) is 0 Å². The molecule has 0 radical (unpaired) electrons. The number of anilines is 1. The smallest absolute Gasteiger partial charge is 0.254 e. The van der Waals surface area contributed by atoms with E-state index in [4.69, 9.17) is 16.3 Å². The fourth-order valence-corrected chi connectivity index (χ4v) is 3.58. The summed E-state index contributed by atoms with van der Waals surface area (Å²) in [6.07, 6.45) is 0.116. The van der Waals surface area contributed by atoms with Crippen LogP contribution in [0.3, 0.4) is 0 Å². The zero-order valence-electron chi connectivity index (χ0n) is 17.8. The van der Waals surface area contributed by atoms with Gasteiger partial charge in [-0.2, -0.15) is 0 Å². The summed E-state index contributed by atoms with van der Waals surface area (Å²) in [7, 11) is 1.56. The lowest BCUT2D eigenvalue weighted by Gasteiger charge is -2.24. The zero-order chi connectivity index (χ0) is 22.8. The Morgan fingerprint density at radius 2 is 1.90 bits per heavy atom. The lowest BCUT2D eigenvalue weighted by Crippen LogP contribution is -2.40. The second-order valence-electron chi connectivity index (χ2n) is 7.30. The topological polar surface area (TPSA) is 101 Å². The number of hydrogen-bond acceptors (Lipinski definition) is 6. The summed E-state index contributed by atoms with van der Waals surface area (Å²) >= 11 is 7.12. The van der Waals surface area contributed by atoms with Gasteiger partial charge in [0, 0.05) is 36.2 Å². The average molecular weight is 467 g/mol. The van der Waals surface area contributed by atoms with E-state index in [9.17, 15) is 14.4 Å². The van der Waals surface area contributed by atoms with Crippen LogP contribution in [-0.2, 0) is 20.7 Å². The van der Waals surface area contributed by atoms with Crippen molar-refractivity contribution in [1.82, 2.24) is 15.2 Å². The molecular weight excluding hydrogens is 440 g/mol. The molecule has 1 heterocycles. The standard InChI is InChI=1S/C21H27ClN4O4S/c1-14(2)11-26(20(29)15-4-6-16(22)7-5-15)12-19(28)25-21-24-17(13-31-21)10-18(27)23-8-9-30-3/h4-7,13-14H,8-12H2,1-3H3,(H,23,27)(H,24,25,28). The van der Waals surface area contributed by atoms with E-state index in [0.29, 0.717) is 41.1 Å². The SMILES string of the molecule is COCCNC(=O)Cc1csc(NC(=O)CN(CC(C)C)C(=O)c2ccc(Cl)cc2)n1. The van der Waals surface area contributed by atoms with Gasteiger partial charge in [-0.05, 0) is 30.2 Å². The minimum absolute atomic E-state index is 0.105. The van der Waals surface area contributed by atoms with Crippen LogP contribution in [0.4, 0.5) is 5.13 Å². The van der Waals surface area contributed by atoms with Crippen molar-refractivity contribution in [3.63, 3.8) is 0 Å². The predicted molar refractivity (Wildman–Crippen MR) is 122 cm³/mol. The van der Waals surface area contributed by atoms with Crippen LogP contribution in [0.5, 0.6) is 0 Å². The average Bonchev–Trinajstić information content (AvgIpc) is 3.13. The van der Waals surface area contributed by atoms with Crippen LogP contribution in [-0.4, -0.2) is 61.0 Å². The lowest BCUT2D eigenvalue weighted by atomic mass is 10.1. The number of ether oxygens (including phenoxy) is 1. The molecule has 0 saturated carbocycles. The number of nitrogens with one attached hydrogen (secondary N) is 2. The molecule has 0 atom stereocenters. The third-order valence-corrected chi connectivity index (χ3v) is 5.13. The van der Waals surface area contributed by atoms with Gasteiger partial charge in [-0.1, -0.05) is 25.4 Å². The van der Waals surface area contributed by atoms with Gasteiger partial charge in [-0.3, -0.25) is 14.4 Å². The number of carbonyl (C=O) groups is 3. The number of rotatable bonds is 11. The second-order valence-corrected chi connectivity index (χ2v) is 8.59. The van der Waals surface area contributed by atoms with Gasteiger partial charge < -0.3 is 20.3 Å². The Bertz CT molecular complexity index is 886. The number of aromatic nitrogens is 1. The highest BCUT2D eigenvalue weighted by Crippen LogP contribution is 2.17. The van der Waals surface area contributed by atoms with Crippen molar-refractivity contribution in [3.05, 3.63) is 45.9 Å². The number of hydrogen-bond donors (Lipinski definition) is 2. The first-order valence-electron chi connectivity index (χ1n) is 9.83. The quantitative estimate of drug-likeness (QED) is 0.496. The molecule has 0 bridgehead atoms. The molecule has 0 aliphatic carbocycles. The van der Waals surface area contributed by atoms with Gasteiger partial charge in [-0.25, -0.2) is 4.98 Å². The minimum atomic E-state index is -0.353. The molecule has 168 valence electrons. The van der Waals surface area contributed by atoms with E-state index in [-0.39, 0.29) is 36.6 Å². The summed E-state index contributed by atoms with van der Waals surface area (Å²) in [5.74, 6) is -0.578. The van der Waals surface area contributed by atoms with E-state index in [1.165, 1.54) is 16.2 Å². The molecule has 2 N–H and O–H groups in total. The lowest BCUT2D eigenvalue weighted by molar-refractivity contribution is -0.120. The highest BCUT2D eigenvalue weighted by Gasteiger charge is 2.20. The molecule has 0 spiro atoms. The van der Waals surface area contributed by atoms with Gasteiger partial charge in [0.1, 0.15) is 6.54 Å². The first-order valence-corrected chi connectivity index (χ1v) is 11.1. The molecule has 0 unspecified atom stereocenters. The number of nitrogens with zero attached hydrogens (tertiary/aromatic N) is 2. The number of amides is 3. The van der Waals surface area contributed by atoms with Crippen LogP contribution in [0.25, 0.3) is 0 Å². The summed E-state index contributed by atoms with van der Waals surface area (Å²) in [6, 6.07) is 6.57. The normalized spacial score (nSPS) is 10.7. The second kappa shape index (κ2) is 12.4. The number of carbonyl (C=O) groups excluding carboxylic acids is 3. The van der Waals surface area contributed by atoms with E-state index >= 15 is 0 Å². The van der Waals surface area contributed by atoms with Crippen LogP contribution in [0.15, 0.2) is 29.6 Å². The van der Waals surface area contributed by atoms with Gasteiger partial charge in [0.25, 0.3) is 5.91 Å². The molecule has 3 amide bonds. The monoisotopic (exact) mass is 466 g/mol.